The van der Waals surface area contributed by atoms with E-state index in [-0.39, 0.29) is 13.2 Å². The number of hydrogen-bond acceptors (Lipinski definition) is 14. The van der Waals surface area contributed by atoms with Crippen LogP contribution in [0.3, 0.4) is 0 Å². The molecule has 2 rings (SSSR count). The molecule has 42 heavy (non-hydrogen) atoms. The molecular formula is C26H34N4O12. The zero-order valence-electron chi connectivity index (χ0n) is 24.1. The highest BCUT2D eigenvalue weighted by atomic mass is 16.6. The van der Waals surface area contributed by atoms with Crippen molar-refractivity contribution in [2.24, 2.45) is 5.10 Å². The lowest BCUT2D eigenvalue weighted by Crippen LogP contribution is -2.69. The predicted molar refractivity (Wildman–Crippen MR) is 142 cm³/mol. The van der Waals surface area contributed by atoms with Gasteiger partial charge in [-0.1, -0.05) is 23.3 Å². The summed E-state index contributed by atoms with van der Waals surface area (Å²) in [7, 11) is 0. The van der Waals surface area contributed by atoms with Crippen LogP contribution in [0.4, 0.5) is 15.3 Å². The fourth-order valence-electron chi connectivity index (χ4n) is 3.84. The average molecular weight is 595 g/mol. The van der Waals surface area contributed by atoms with E-state index in [1.807, 2.05) is 0 Å². The second-order valence-corrected chi connectivity index (χ2v) is 8.51. The quantitative estimate of drug-likeness (QED) is 0.268. The number of carbonyl (C=O) groups excluding carboxylic acids is 6. The summed E-state index contributed by atoms with van der Waals surface area (Å²) in [5.41, 5.74) is 0.322. The summed E-state index contributed by atoms with van der Waals surface area (Å²) >= 11 is 0. The van der Waals surface area contributed by atoms with Crippen LogP contribution in [-0.4, -0.2) is 96.6 Å². The Hall–Kier alpha value is -4.89. The van der Waals surface area contributed by atoms with E-state index in [0.717, 1.165) is 49.2 Å². The van der Waals surface area contributed by atoms with Gasteiger partial charge in [-0.25, -0.2) is 9.59 Å². The molecule has 0 saturated heterocycles. The summed E-state index contributed by atoms with van der Waals surface area (Å²) in [6.07, 6.45) is -5.95. The van der Waals surface area contributed by atoms with Crippen molar-refractivity contribution in [1.82, 2.24) is 10.1 Å². The first-order chi connectivity index (χ1) is 19.9. The normalized spacial score (nSPS) is 16.4. The molecule has 1 aromatic rings. The van der Waals surface area contributed by atoms with Gasteiger partial charge in [0.2, 0.25) is 0 Å². The molecule has 0 bridgehead atoms. The van der Waals surface area contributed by atoms with Crippen LogP contribution in [0.25, 0.3) is 0 Å². The lowest BCUT2D eigenvalue weighted by Gasteiger charge is -2.46. The lowest BCUT2D eigenvalue weighted by molar-refractivity contribution is -0.195. The number of amides is 2. The average Bonchev–Trinajstić information content (AvgIpc) is 2.92. The van der Waals surface area contributed by atoms with E-state index >= 15 is 0 Å². The zero-order valence-corrected chi connectivity index (χ0v) is 24.1. The molecule has 0 unspecified atom stereocenters. The van der Waals surface area contributed by atoms with Gasteiger partial charge < -0.3 is 28.4 Å². The van der Waals surface area contributed by atoms with E-state index in [1.165, 1.54) is 6.92 Å². The zero-order chi connectivity index (χ0) is 31.4. The maximum absolute atomic E-state index is 13.5. The van der Waals surface area contributed by atoms with Gasteiger partial charge in [0, 0.05) is 27.7 Å². The smallest absolute Gasteiger partial charge is 0.450 e. The Morgan fingerprint density at radius 3 is 1.86 bits per heavy atom. The highest BCUT2D eigenvalue weighted by Crippen LogP contribution is 2.29. The molecule has 1 aliphatic heterocycles. The molecule has 1 aromatic carbocycles. The largest absolute Gasteiger partial charge is 0.462 e. The van der Waals surface area contributed by atoms with Crippen LogP contribution in [-0.2, 0) is 47.6 Å². The topological polar surface area (TPSA) is 180 Å². The van der Waals surface area contributed by atoms with E-state index < -0.39 is 67.0 Å². The minimum atomic E-state index is -1.70. The van der Waals surface area contributed by atoms with Crippen molar-refractivity contribution >= 4 is 48.0 Å². The van der Waals surface area contributed by atoms with Crippen LogP contribution in [0, 0.1) is 0 Å². The Kier molecular flexibility index (Phi) is 12.5. The third-order valence-electron chi connectivity index (χ3n) is 5.27. The molecule has 230 valence electrons. The third-order valence-corrected chi connectivity index (χ3v) is 5.27. The number of hydrazone groups is 1. The molecule has 0 spiro atoms. The number of benzene rings is 1. The Morgan fingerprint density at radius 1 is 0.762 bits per heavy atom. The molecule has 0 fully saturated rings. The molecule has 4 atom stereocenters. The van der Waals surface area contributed by atoms with Gasteiger partial charge in [0.15, 0.2) is 18.3 Å². The fourth-order valence-corrected chi connectivity index (χ4v) is 3.84. The van der Waals surface area contributed by atoms with Gasteiger partial charge in [-0.3, -0.25) is 19.2 Å². The predicted octanol–water partition coefficient (Wildman–Crippen LogP) is 1.97. The third kappa shape index (κ3) is 9.07. The molecule has 2 amide bonds. The number of hydrogen-bond donors (Lipinski definition) is 0. The number of para-hydroxylation sites is 1. The van der Waals surface area contributed by atoms with E-state index in [1.54, 1.807) is 37.3 Å². The van der Waals surface area contributed by atoms with Crippen molar-refractivity contribution in [1.29, 1.82) is 0 Å². The van der Waals surface area contributed by atoms with Crippen LogP contribution >= 0.6 is 0 Å². The van der Waals surface area contributed by atoms with Crippen LogP contribution in [0.2, 0.25) is 0 Å². The second-order valence-electron chi connectivity index (χ2n) is 8.51. The molecule has 16 nitrogen and oxygen atoms in total. The van der Waals surface area contributed by atoms with E-state index in [2.05, 4.69) is 5.10 Å². The number of ether oxygens (including phenoxy) is 6. The number of rotatable bonds is 11. The minimum Gasteiger partial charge on any atom is -0.462 e. The monoisotopic (exact) mass is 594 g/mol. The van der Waals surface area contributed by atoms with Crippen molar-refractivity contribution in [3.8, 4) is 0 Å². The number of carbonyl (C=O) groups is 6. The summed E-state index contributed by atoms with van der Waals surface area (Å²) in [5.74, 6) is -3.41. The number of anilines is 1. The van der Waals surface area contributed by atoms with E-state index in [9.17, 15) is 28.8 Å². The van der Waals surface area contributed by atoms with Gasteiger partial charge in [-0.2, -0.15) is 10.1 Å². The highest BCUT2D eigenvalue weighted by molar-refractivity contribution is 5.83. The van der Waals surface area contributed by atoms with Crippen molar-refractivity contribution in [3.05, 3.63) is 30.3 Å². The van der Waals surface area contributed by atoms with Gasteiger partial charge in [-0.15, -0.1) is 5.12 Å². The van der Waals surface area contributed by atoms with Crippen molar-refractivity contribution in [2.45, 2.75) is 65.9 Å². The van der Waals surface area contributed by atoms with Gasteiger partial charge in [0.05, 0.1) is 25.1 Å². The first-order valence-corrected chi connectivity index (χ1v) is 12.9. The summed E-state index contributed by atoms with van der Waals surface area (Å²) in [6, 6.07) is 6.69. The van der Waals surface area contributed by atoms with Crippen LogP contribution < -0.4 is 5.12 Å². The molecule has 0 aliphatic carbocycles. The minimum absolute atomic E-state index is 0.0939. The fraction of sp³-hybridized carbons (Fsp3) is 0.500. The number of esters is 4. The lowest BCUT2D eigenvalue weighted by atomic mass is 10.00. The van der Waals surface area contributed by atoms with Gasteiger partial charge >= 0.3 is 36.1 Å². The van der Waals surface area contributed by atoms with Crippen LogP contribution in [0.1, 0.15) is 41.5 Å². The van der Waals surface area contributed by atoms with E-state index in [4.69, 9.17) is 28.4 Å². The van der Waals surface area contributed by atoms with Gasteiger partial charge in [0.25, 0.3) is 0 Å². The Bertz CT molecular complexity index is 1160. The maximum Gasteiger partial charge on any atom is 0.450 e. The number of nitrogens with zero attached hydrogens (tertiary/aromatic N) is 4. The van der Waals surface area contributed by atoms with Crippen molar-refractivity contribution in [2.75, 3.05) is 24.9 Å². The first kappa shape index (κ1) is 33.3. The Labute approximate surface area is 241 Å². The Balaban J connectivity index is 2.80. The van der Waals surface area contributed by atoms with Crippen LogP contribution in [0.15, 0.2) is 35.4 Å². The summed E-state index contributed by atoms with van der Waals surface area (Å²) in [5, 5.41) is 6.81. The molecule has 1 heterocycles. The van der Waals surface area contributed by atoms with Gasteiger partial charge in [0.1, 0.15) is 12.6 Å². The van der Waals surface area contributed by atoms with Crippen molar-refractivity contribution in [3.63, 3.8) is 0 Å². The van der Waals surface area contributed by atoms with Crippen LogP contribution in [0.5, 0.6) is 0 Å². The standard InChI is InChI=1S/C26H34N4O12/c1-7-37-25(35)28-21(14-27-29(20-12-10-9-11-13-20)30(28)26(36)38-8-2)23(41-18(5)33)24(42-19(6)34)22(40-17(4)32)15-39-16(3)31/h9-14,21-24H,7-8,15H2,1-6H3/t21-,22-,23-,24-/m1/s1. The molecule has 16 heteroatoms. The maximum atomic E-state index is 13.5. The first-order valence-electron chi connectivity index (χ1n) is 12.9. The number of hydrazine groups is 2. The molecule has 0 radical (unpaired) electrons. The Morgan fingerprint density at radius 2 is 1.33 bits per heavy atom. The second kappa shape index (κ2) is 15.8. The molecule has 1 aliphatic rings. The molecule has 0 N–H and O–H groups in total. The molecular weight excluding hydrogens is 560 g/mol. The van der Waals surface area contributed by atoms with Crippen molar-refractivity contribution < 1.29 is 57.2 Å². The summed E-state index contributed by atoms with van der Waals surface area (Å²) < 4.78 is 31.7. The SMILES string of the molecule is CCOC(=O)N1[C@@H]([C@@H](OC(C)=O)[C@H](OC(C)=O)[C@@H](COC(C)=O)OC(C)=O)C=NN(c2ccccc2)N1C(=O)OCC. The van der Waals surface area contributed by atoms with E-state index in [0.29, 0.717) is 5.69 Å². The highest BCUT2D eigenvalue weighted by Gasteiger charge is 2.51. The van der Waals surface area contributed by atoms with Gasteiger partial charge in [-0.05, 0) is 26.0 Å². The summed E-state index contributed by atoms with van der Waals surface area (Å²) in [4.78, 5) is 74.9. The molecule has 0 aromatic heterocycles. The summed E-state index contributed by atoms with van der Waals surface area (Å²) in [6.45, 7) is 6.45. The molecule has 0 saturated carbocycles.